The van der Waals surface area contributed by atoms with Gasteiger partial charge < -0.3 is 9.47 Å². The molecule has 1 N–H and O–H groups in total. The quantitative estimate of drug-likeness (QED) is 0.453. The smallest absolute Gasteiger partial charge is 0.411 e. The van der Waals surface area contributed by atoms with Crippen LogP contribution in [0.15, 0.2) is 77.8 Å². The fourth-order valence-electron chi connectivity index (χ4n) is 4.04. The molecule has 174 valence electrons. The number of ketones is 1. The molecule has 0 saturated carbocycles. The number of fused-ring (bicyclic) bond motifs is 1. The zero-order chi connectivity index (χ0) is 24.1. The van der Waals surface area contributed by atoms with Crippen LogP contribution in [0, 0.1) is 0 Å². The highest BCUT2D eigenvalue weighted by Gasteiger charge is 2.28. The number of carbonyl (C=O) groups excluding carboxylic acids is 2. The van der Waals surface area contributed by atoms with Gasteiger partial charge in [0.25, 0.3) is 0 Å². The van der Waals surface area contributed by atoms with Gasteiger partial charge >= 0.3 is 6.09 Å². The van der Waals surface area contributed by atoms with Crippen molar-refractivity contribution in [1.82, 2.24) is 0 Å². The Morgan fingerprint density at radius 1 is 1.00 bits per heavy atom. The summed E-state index contributed by atoms with van der Waals surface area (Å²) < 4.78 is 10.6. The molecule has 0 bridgehead atoms. The standard InChI is InChI=1S/C28H28N2O4/c1-28(2)17-21-11-14-23(33-3)15-24(21)25(30-28)16-26(31)20-9-12-22(13-10-20)29-27(32)34-18-19-7-5-4-6-8-19/h4-15H,16-18H2,1-3H3,(H,29,32). The number of aliphatic imine (C=N–C) groups is 1. The molecule has 4 rings (SSSR count). The van der Waals surface area contributed by atoms with Crippen molar-refractivity contribution in [3.8, 4) is 5.75 Å². The number of hydrogen-bond donors (Lipinski definition) is 1. The first-order valence-corrected chi connectivity index (χ1v) is 11.2. The first kappa shape index (κ1) is 23.2. The minimum absolute atomic E-state index is 0.0385. The summed E-state index contributed by atoms with van der Waals surface area (Å²) in [6.07, 6.45) is 0.451. The van der Waals surface area contributed by atoms with Crippen molar-refractivity contribution >= 4 is 23.3 Å². The molecular formula is C28H28N2O4. The van der Waals surface area contributed by atoms with Crippen LogP contribution in [0.5, 0.6) is 5.75 Å². The van der Waals surface area contributed by atoms with E-state index in [1.54, 1.807) is 31.4 Å². The Balaban J connectivity index is 1.41. The number of nitrogens with zero attached hydrogens (tertiary/aromatic N) is 1. The number of hydrogen-bond acceptors (Lipinski definition) is 5. The summed E-state index contributed by atoms with van der Waals surface area (Å²) in [5.74, 6) is 0.705. The monoisotopic (exact) mass is 456 g/mol. The average Bonchev–Trinajstić information content (AvgIpc) is 2.83. The van der Waals surface area contributed by atoms with Gasteiger partial charge in [0.05, 0.1) is 24.8 Å². The number of rotatable bonds is 7. The van der Waals surface area contributed by atoms with Gasteiger partial charge in [0.2, 0.25) is 0 Å². The predicted molar refractivity (Wildman–Crippen MR) is 133 cm³/mol. The maximum atomic E-state index is 13.1. The lowest BCUT2D eigenvalue weighted by Crippen LogP contribution is -2.30. The minimum atomic E-state index is -0.549. The Morgan fingerprint density at radius 3 is 2.44 bits per heavy atom. The second kappa shape index (κ2) is 9.91. The average molecular weight is 457 g/mol. The summed E-state index contributed by atoms with van der Waals surface area (Å²) in [5, 5.41) is 2.69. The summed E-state index contributed by atoms with van der Waals surface area (Å²) in [5.41, 5.74) is 4.64. The second-order valence-corrected chi connectivity index (χ2v) is 8.93. The fraction of sp³-hybridized carbons (Fsp3) is 0.250. The Morgan fingerprint density at radius 2 is 1.74 bits per heavy atom. The van der Waals surface area contributed by atoms with Gasteiger partial charge in [0.15, 0.2) is 5.78 Å². The van der Waals surface area contributed by atoms with Gasteiger partial charge in [-0.3, -0.25) is 15.1 Å². The van der Waals surface area contributed by atoms with Gasteiger partial charge in [0, 0.05) is 16.8 Å². The van der Waals surface area contributed by atoms with Crippen LogP contribution in [0.4, 0.5) is 10.5 Å². The van der Waals surface area contributed by atoms with Crippen molar-refractivity contribution in [2.75, 3.05) is 12.4 Å². The van der Waals surface area contributed by atoms with Crippen LogP contribution in [-0.2, 0) is 17.8 Å². The molecule has 1 aliphatic heterocycles. The molecule has 1 amide bonds. The maximum Gasteiger partial charge on any atom is 0.411 e. The van der Waals surface area contributed by atoms with E-state index in [0.29, 0.717) is 11.3 Å². The van der Waals surface area contributed by atoms with Crippen LogP contribution in [-0.4, -0.2) is 30.2 Å². The molecule has 6 nitrogen and oxygen atoms in total. The molecule has 0 unspecified atom stereocenters. The lowest BCUT2D eigenvalue weighted by atomic mass is 9.85. The molecule has 0 aromatic heterocycles. The molecule has 0 fully saturated rings. The molecule has 0 atom stereocenters. The van der Waals surface area contributed by atoms with Crippen LogP contribution in [0.25, 0.3) is 0 Å². The van der Waals surface area contributed by atoms with Crippen molar-refractivity contribution in [3.63, 3.8) is 0 Å². The Bertz CT molecular complexity index is 1210. The molecule has 1 aliphatic rings. The summed E-state index contributed by atoms with van der Waals surface area (Å²) in [6, 6.07) is 22.2. The van der Waals surface area contributed by atoms with Crippen molar-refractivity contribution in [2.45, 2.75) is 38.8 Å². The van der Waals surface area contributed by atoms with Gasteiger partial charge in [-0.25, -0.2) is 4.79 Å². The molecule has 3 aromatic rings. The maximum absolute atomic E-state index is 13.1. The van der Waals surface area contributed by atoms with E-state index in [9.17, 15) is 9.59 Å². The molecule has 0 saturated heterocycles. The zero-order valence-corrected chi connectivity index (χ0v) is 19.6. The van der Waals surface area contributed by atoms with E-state index >= 15 is 0 Å². The molecule has 6 heteroatoms. The van der Waals surface area contributed by atoms with E-state index in [4.69, 9.17) is 14.5 Å². The first-order valence-electron chi connectivity index (χ1n) is 11.2. The minimum Gasteiger partial charge on any atom is -0.497 e. The third-order valence-corrected chi connectivity index (χ3v) is 5.68. The highest BCUT2D eigenvalue weighted by Crippen LogP contribution is 2.31. The number of carbonyl (C=O) groups is 2. The Labute approximate surface area is 199 Å². The number of benzene rings is 3. The number of anilines is 1. The highest BCUT2D eigenvalue weighted by atomic mass is 16.5. The van der Waals surface area contributed by atoms with Crippen LogP contribution in [0.2, 0.25) is 0 Å². The van der Waals surface area contributed by atoms with Gasteiger partial charge in [-0.15, -0.1) is 0 Å². The van der Waals surface area contributed by atoms with Gasteiger partial charge in [-0.2, -0.15) is 0 Å². The third kappa shape index (κ3) is 5.70. The normalized spacial score (nSPS) is 13.9. The van der Waals surface area contributed by atoms with Crippen LogP contribution >= 0.6 is 0 Å². The SMILES string of the molecule is COc1ccc2c(c1)C(CC(=O)c1ccc(NC(=O)OCc3ccccc3)cc1)=NC(C)(C)C2. The predicted octanol–water partition coefficient (Wildman–Crippen LogP) is 5.84. The number of nitrogens with one attached hydrogen (secondary N) is 1. The molecule has 3 aromatic carbocycles. The van der Waals surface area contributed by atoms with E-state index in [1.807, 2.05) is 48.5 Å². The largest absolute Gasteiger partial charge is 0.497 e. The lowest BCUT2D eigenvalue weighted by Gasteiger charge is -2.29. The summed E-state index contributed by atoms with van der Waals surface area (Å²) in [4.78, 5) is 30.0. The number of Topliss-reactive ketones (excluding diaryl/α,β-unsaturated/α-hetero) is 1. The fourth-order valence-corrected chi connectivity index (χ4v) is 4.04. The molecular weight excluding hydrogens is 428 g/mol. The zero-order valence-electron chi connectivity index (χ0n) is 19.6. The number of amides is 1. The summed E-state index contributed by atoms with van der Waals surface area (Å²) in [6.45, 7) is 4.33. The van der Waals surface area contributed by atoms with Crippen LogP contribution in [0.1, 0.15) is 47.3 Å². The third-order valence-electron chi connectivity index (χ3n) is 5.68. The van der Waals surface area contributed by atoms with Crippen molar-refractivity contribution in [3.05, 3.63) is 95.1 Å². The summed E-state index contributed by atoms with van der Waals surface area (Å²) in [7, 11) is 1.63. The van der Waals surface area contributed by atoms with Crippen LogP contribution < -0.4 is 10.1 Å². The molecule has 0 aliphatic carbocycles. The summed E-state index contributed by atoms with van der Waals surface area (Å²) >= 11 is 0. The Kier molecular flexibility index (Phi) is 6.77. The molecule has 1 heterocycles. The van der Waals surface area contributed by atoms with E-state index in [0.717, 1.165) is 34.6 Å². The van der Waals surface area contributed by atoms with E-state index in [-0.39, 0.29) is 24.3 Å². The molecule has 0 spiro atoms. The number of ether oxygens (including phenoxy) is 2. The second-order valence-electron chi connectivity index (χ2n) is 8.93. The van der Waals surface area contributed by atoms with E-state index in [2.05, 4.69) is 19.2 Å². The van der Waals surface area contributed by atoms with E-state index < -0.39 is 6.09 Å². The highest BCUT2D eigenvalue weighted by molar-refractivity contribution is 6.17. The van der Waals surface area contributed by atoms with Crippen molar-refractivity contribution < 1.29 is 19.1 Å². The van der Waals surface area contributed by atoms with Crippen molar-refractivity contribution in [2.24, 2.45) is 4.99 Å². The molecule has 34 heavy (non-hydrogen) atoms. The topological polar surface area (TPSA) is 77.0 Å². The lowest BCUT2D eigenvalue weighted by molar-refractivity contribution is 0.100. The first-order chi connectivity index (χ1) is 16.3. The van der Waals surface area contributed by atoms with Crippen molar-refractivity contribution in [1.29, 1.82) is 0 Å². The Hall–Kier alpha value is -3.93. The van der Waals surface area contributed by atoms with E-state index in [1.165, 1.54) is 0 Å². The van der Waals surface area contributed by atoms with Gasteiger partial charge in [-0.1, -0.05) is 36.4 Å². The number of methoxy groups -OCH3 is 1. The van der Waals surface area contributed by atoms with Crippen LogP contribution in [0.3, 0.4) is 0 Å². The molecule has 0 radical (unpaired) electrons. The van der Waals surface area contributed by atoms with Gasteiger partial charge in [-0.05, 0) is 67.8 Å². The van der Waals surface area contributed by atoms with Gasteiger partial charge in [0.1, 0.15) is 12.4 Å².